The molecule has 1 unspecified atom stereocenters. The number of methoxy groups -OCH3 is 1. The molecule has 0 saturated heterocycles. The van der Waals surface area contributed by atoms with Gasteiger partial charge in [-0.05, 0) is 57.7 Å². The highest BCUT2D eigenvalue weighted by Crippen LogP contribution is 2.30. The maximum Gasteiger partial charge on any atom is 0.133 e. The summed E-state index contributed by atoms with van der Waals surface area (Å²) >= 11 is 15.5. The molecule has 5 heteroatoms. The minimum absolute atomic E-state index is 0.143. The lowest BCUT2D eigenvalue weighted by Crippen LogP contribution is -2.13. The molecule has 106 valence electrons. The normalized spacial score (nSPS) is 12.2. The van der Waals surface area contributed by atoms with Gasteiger partial charge in [-0.1, -0.05) is 35.3 Å². The Balaban J connectivity index is 2.19. The Morgan fingerprint density at radius 2 is 1.95 bits per heavy atom. The van der Waals surface area contributed by atoms with Crippen LogP contribution in [0.4, 0.5) is 0 Å². The van der Waals surface area contributed by atoms with Gasteiger partial charge in [-0.2, -0.15) is 0 Å². The van der Waals surface area contributed by atoms with Crippen LogP contribution in [0.15, 0.2) is 40.9 Å². The maximum atomic E-state index is 6.24. The van der Waals surface area contributed by atoms with Gasteiger partial charge in [-0.25, -0.2) is 0 Å². The van der Waals surface area contributed by atoms with E-state index < -0.39 is 0 Å². The van der Waals surface area contributed by atoms with E-state index in [-0.39, 0.29) is 6.04 Å². The molecule has 0 radical (unpaired) electrons. The summed E-state index contributed by atoms with van der Waals surface area (Å²) in [6.07, 6.45) is 0.648. The van der Waals surface area contributed by atoms with E-state index in [1.807, 2.05) is 30.3 Å². The van der Waals surface area contributed by atoms with Crippen molar-refractivity contribution in [2.75, 3.05) is 7.11 Å². The molecule has 0 aliphatic heterocycles. The van der Waals surface area contributed by atoms with Gasteiger partial charge in [0.1, 0.15) is 5.75 Å². The van der Waals surface area contributed by atoms with E-state index in [0.717, 1.165) is 21.3 Å². The van der Waals surface area contributed by atoms with Crippen molar-refractivity contribution in [3.63, 3.8) is 0 Å². The highest BCUT2D eigenvalue weighted by atomic mass is 79.9. The second kappa shape index (κ2) is 6.81. The first-order valence-electron chi connectivity index (χ1n) is 6.04. The van der Waals surface area contributed by atoms with Crippen molar-refractivity contribution in [3.8, 4) is 5.75 Å². The number of hydrogen-bond acceptors (Lipinski definition) is 2. The van der Waals surface area contributed by atoms with E-state index in [1.54, 1.807) is 13.2 Å². The number of ether oxygens (including phenoxy) is 1. The van der Waals surface area contributed by atoms with E-state index in [0.29, 0.717) is 16.5 Å². The lowest BCUT2D eigenvalue weighted by molar-refractivity contribution is 0.412. The molecular weight excluding hydrogens is 361 g/mol. The van der Waals surface area contributed by atoms with E-state index in [2.05, 4.69) is 15.9 Å². The molecule has 2 N–H and O–H groups in total. The molecule has 0 aliphatic rings. The second-order valence-electron chi connectivity index (χ2n) is 4.44. The fourth-order valence-corrected chi connectivity index (χ4v) is 3.00. The third kappa shape index (κ3) is 3.67. The zero-order valence-electron chi connectivity index (χ0n) is 10.9. The van der Waals surface area contributed by atoms with Crippen LogP contribution in [0, 0.1) is 0 Å². The molecule has 1 atom stereocenters. The van der Waals surface area contributed by atoms with Gasteiger partial charge in [0.25, 0.3) is 0 Å². The smallest absolute Gasteiger partial charge is 0.133 e. The van der Waals surface area contributed by atoms with Crippen LogP contribution in [-0.2, 0) is 6.42 Å². The van der Waals surface area contributed by atoms with Crippen molar-refractivity contribution >= 4 is 39.1 Å². The molecule has 0 bridgehead atoms. The van der Waals surface area contributed by atoms with Gasteiger partial charge in [0.15, 0.2) is 0 Å². The van der Waals surface area contributed by atoms with Crippen molar-refractivity contribution in [2.45, 2.75) is 12.5 Å². The molecule has 0 amide bonds. The summed E-state index contributed by atoms with van der Waals surface area (Å²) in [5.74, 6) is 0.783. The Morgan fingerprint density at radius 1 is 1.20 bits per heavy atom. The molecule has 0 saturated carbocycles. The van der Waals surface area contributed by atoms with Crippen LogP contribution < -0.4 is 10.5 Å². The van der Waals surface area contributed by atoms with E-state index in [9.17, 15) is 0 Å². The lowest BCUT2D eigenvalue weighted by Gasteiger charge is -2.15. The molecule has 2 nitrogen and oxygen atoms in total. The number of hydrogen-bond donors (Lipinski definition) is 1. The van der Waals surface area contributed by atoms with Crippen LogP contribution in [0.1, 0.15) is 17.2 Å². The summed E-state index contributed by atoms with van der Waals surface area (Å²) in [6, 6.07) is 11.1. The maximum absolute atomic E-state index is 6.24. The average Bonchev–Trinajstić information content (AvgIpc) is 2.41. The van der Waals surface area contributed by atoms with Gasteiger partial charge < -0.3 is 10.5 Å². The molecule has 0 aliphatic carbocycles. The summed E-state index contributed by atoms with van der Waals surface area (Å²) in [5.41, 5.74) is 8.24. The molecule has 0 fully saturated rings. The molecule has 0 spiro atoms. The minimum Gasteiger partial charge on any atom is -0.496 e. The standard InChI is InChI=1S/C15H14BrCl2NO/c1-20-15-5-3-10(6-12(15)16)14(19)7-9-2-4-11(17)8-13(9)18/h2-6,8,14H,7,19H2,1H3. The quantitative estimate of drug-likeness (QED) is 0.816. The predicted molar refractivity (Wildman–Crippen MR) is 87.8 cm³/mol. The highest BCUT2D eigenvalue weighted by molar-refractivity contribution is 9.10. The largest absolute Gasteiger partial charge is 0.496 e. The fourth-order valence-electron chi connectivity index (χ4n) is 1.96. The highest BCUT2D eigenvalue weighted by Gasteiger charge is 2.12. The van der Waals surface area contributed by atoms with Crippen LogP contribution in [0.25, 0.3) is 0 Å². The van der Waals surface area contributed by atoms with Gasteiger partial charge in [-0.15, -0.1) is 0 Å². The van der Waals surface area contributed by atoms with Crippen molar-refractivity contribution in [3.05, 3.63) is 62.0 Å². The third-order valence-electron chi connectivity index (χ3n) is 3.06. The summed E-state index contributed by atoms with van der Waals surface area (Å²) in [5, 5.41) is 1.26. The Labute approximate surface area is 137 Å². The first-order valence-corrected chi connectivity index (χ1v) is 7.59. The molecule has 0 aromatic heterocycles. The van der Waals surface area contributed by atoms with Crippen molar-refractivity contribution < 1.29 is 4.74 Å². The van der Waals surface area contributed by atoms with Crippen LogP contribution in [-0.4, -0.2) is 7.11 Å². The Hall–Kier alpha value is -0.740. The number of benzene rings is 2. The molecule has 2 aromatic rings. The van der Waals surface area contributed by atoms with Crippen molar-refractivity contribution in [2.24, 2.45) is 5.73 Å². The first-order chi connectivity index (χ1) is 9.51. The Kier molecular flexibility index (Phi) is 5.33. The molecule has 20 heavy (non-hydrogen) atoms. The lowest BCUT2D eigenvalue weighted by atomic mass is 9.99. The summed E-state index contributed by atoms with van der Waals surface area (Å²) in [6.45, 7) is 0. The molecule has 0 heterocycles. The van der Waals surface area contributed by atoms with Crippen LogP contribution >= 0.6 is 39.1 Å². The zero-order valence-corrected chi connectivity index (χ0v) is 14.0. The summed E-state index contributed by atoms with van der Waals surface area (Å²) < 4.78 is 6.09. The summed E-state index contributed by atoms with van der Waals surface area (Å²) in [7, 11) is 1.63. The average molecular weight is 375 g/mol. The molecule has 2 aromatic carbocycles. The van der Waals surface area contributed by atoms with Gasteiger partial charge in [0, 0.05) is 16.1 Å². The van der Waals surface area contributed by atoms with E-state index in [1.165, 1.54) is 0 Å². The SMILES string of the molecule is COc1ccc(C(N)Cc2ccc(Cl)cc2Cl)cc1Br. The van der Waals surface area contributed by atoms with Gasteiger partial charge in [0.05, 0.1) is 11.6 Å². The van der Waals surface area contributed by atoms with Gasteiger partial charge in [0.2, 0.25) is 0 Å². The van der Waals surface area contributed by atoms with E-state index >= 15 is 0 Å². The molecular formula is C15H14BrCl2NO. The fraction of sp³-hybridized carbons (Fsp3) is 0.200. The van der Waals surface area contributed by atoms with Crippen LogP contribution in [0.2, 0.25) is 10.0 Å². The Morgan fingerprint density at radius 3 is 2.55 bits per heavy atom. The zero-order chi connectivity index (χ0) is 14.7. The van der Waals surface area contributed by atoms with Crippen LogP contribution in [0.3, 0.4) is 0 Å². The number of halogens is 3. The van der Waals surface area contributed by atoms with Crippen molar-refractivity contribution in [1.82, 2.24) is 0 Å². The number of rotatable bonds is 4. The second-order valence-corrected chi connectivity index (χ2v) is 6.14. The third-order valence-corrected chi connectivity index (χ3v) is 4.27. The topological polar surface area (TPSA) is 35.2 Å². The summed E-state index contributed by atoms with van der Waals surface area (Å²) in [4.78, 5) is 0. The molecule has 2 rings (SSSR count). The van der Waals surface area contributed by atoms with Crippen molar-refractivity contribution in [1.29, 1.82) is 0 Å². The predicted octanol–water partition coefficient (Wildman–Crippen LogP) is 5.01. The number of nitrogens with two attached hydrogens (primary N) is 1. The minimum atomic E-state index is -0.143. The monoisotopic (exact) mass is 373 g/mol. The van der Waals surface area contributed by atoms with Gasteiger partial charge in [-0.3, -0.25) is 0 Å². The van der Waals surface area contributed by atoms with E-state index in [4.69, 9.17) is 33.7 Å². The first kappa shape index (κ1) is 15.6. The van der Waals surface area contributed by atoms with Crippen LogP contribution in [0.5, 0.6) is 5.75 Å². The van der Waals surface area contributed by atoms with Gasteiger partial charge >= 0.3 is 0 Å². The Bertz CT molecular complexity index is 619.